The highest BCUT2D eigenvalue weighted by Gasteiger charge is 2.25. The van der Waals surface area contributed by atoms with Crippen LogP contribution in [0.2, 0.25) is 0 Å². The maximum Gasteiger partial charge on any atom is 0.232 e. The van der Waals surface area contributed by atoms with Gasteiger partial charge in [0, 0.05) is 22.8 Å². The summed E-state index contributed by atoms with van der Waals surface area (Å²) < 4.78 is 5.96. The van der Waals surface area contributed by atoms with Crippen LogP contribution in [0.25, 0.3) is 0 Å². The topological polar surface area (TPSA) is 45.3 Å². The molecule has 2 aromatic rings. The number of nitrogens with zero attached hydrogens (tertiary/aromatic N) is 1. The zero-order valence-corrected chi connectivity index (χ0v) is 13.6. The van der Waals surface area contributed by atoms with Crippen molar-refractivity contribution in [3.8, 4) is 5.75 Å². The number of nitrogens with one attached hydrogen (secondary N) is 1. The molecule has 0 fully saturated rings. The summed E-state index contributed by atoms with van der Waals surface area (Å²) in [6.07, 6.45) is 1.27. The zero-order valence-electron chi connectivity index (χ0n) is 11.9. The Hall–Kier alpha value is -1.66. The third kappa shape index (κ3) is 2.73. The molecule has 0 aliphatic carbocycles. The van der Waals surface area contributed by atoms with E-state index in [0.29, 0.717) is 6.42 Å². The van der Waals surface area contributed by atoms with Gasteiger partial charge in [0.1, 0.15) is 5.75 Å². The highest BCUT2D eigenvalue weighted by atomic mass is 32.1. The molecule has 1 aromatic carbocycles. The van der Waals surface area contributed by atoms with E-state index in [1.807, 2.05) is 30.0 Å². The van der Waals surface area contributed by atoms with Gasteiger partial charge in [-0.3, -0.25) is 4.79 Å². The second-order valence-corrected chi connectivity index (χ2v) is 6.80. The fourth-order valence-electron chi connectivity index (χ4n) is 2.60. The number of fused-ring (bicyclic) bond motifs is 1. The monoisotopic (exact) mass is 320 g/mol. The van der Waals surface area contributed by atoms with Crippen LogP contribution in [0.1, 0.15) is 16.1 Å². The Morgan fingerprint density at radius 2 is 2.33 bits per heavy atom. The number of aromatic amines is 1. The Morgan fingerprint density at radius 3 is 3.00 bits per heavy atom. The number of carbonyl (C=O) groups is 1. The van der Waals surface area contributed by atoms with Gasteiger partial charge in [0.25, 0.3) is 0 Å². The minimum Gasteiger partial charge on any atom is -0.497 e. The highest BCUT2D eigenvalue weighted by Crippen LogP contribution is 2.32. The van der Waals surface area contributed by atoms with Crippen molar-refractivity contribution in [3.05, 3.63) is 38.3 Å². The maximum absolute atomic E-state index is 12.5. The van der Waals surface area contributed by atoms with Crippen molar-refractivity contribution in [2.45, 2.75) is 19.8 Å². The summed E-state index contributed by atoms with van der Waals surface area (Å²) in [5, 5.41) is 0. The van der Waals surface area contributed by atoms with Gasteiger partial charge in [0.15, 0.2) is 3.95 Å². The highest BCUT2D eigenvalue weighted by molar-refractivity contribution is 7.73. The van der Waals surface area contributed by atoms with Crippen molar-refractivity contribution in [1.29, 1.82) is 0 Å². The fourth-order valence-corrected chi connectivity index (χ4v) is 3.88. The average molecular weight is 320 g/mol. The molecular formula is C15H16N2O2S2. The number of rotatable bonds is 3. The van der Waals surface area contributed by atoms with Crippen molar-refractivity contribution >= 4 is 35.1 Å². The first-order chi connectivity index (χ1) is 10.1. The lowest BCUT2D eigenvalue weighted by molar-refractivity contribution is -0.117. The number of methoxy groups -OCH3 is 1. The summed E-state index contributed by atoms with van der Waals surface area (Å²) in [6.45, 7) is 2.69. The van der Waals surface area contributed by atoms with Crippen molar-refractivity contribution in [3.63, 3.8) is 0 Å². The van der Waals surface area contributed by atoms with Crippen LogP contribution in [0.4, 0.5) is 5.69 Å². The molecule has 3 rings (SSSR count). The van der Waals surface area contributed by atoms with Gasteiger partial charge in [-0.25, -0.2) is 0 Å². The number of carbonyl (C=O) groups excluding carboxylic acids is 1. The first-order valence-electron chi connectivity index (χ1n) is 6.74. The van der Waals surface area contributed by atoms with Gasteiger partial charge in [-0.2, -0.15) is 0 Å². The number of hydrogen-bond donors (Lipinski definition) is 1. The Morgan fingerprint density at radius 1 is 1.52 bits per heavy atom. The largest absolute Gasteiger partial charge is 0.497 e. The van der Waals surface area contributed by atoms with Crippen LogP contribution in [0.5, 0.6) is 5.75 Å². The fraction of sp³-hybridized carbons (Fsp3) is 0.333. The molecule has 0 saturated carbocycles. The van der Waals surface area contributed by atoms with Gasteiger partial charge in [-0.1, -0.05) is 0 Å². The van der Waals surface area contributed by atoms with E-state index < -0.39 is 0 Å². The van der Waals surface area contributed by atoms with Crippen molar-refractivity contribution in [2.75, 3.05) is 18.6 Å². The molecule has 6 heteroatoms. The minimum absolute atomic E-state index is 0.118. The van der Waals surface area contributed by atoms with E-state index in [4.69, 9.17) is 17.0 Å². The standard InChI is InChI=1S/C15H16N2O2S2/c1-9-13(21-15(20)16-9)8-14(18)17-6-5-10-7-11(19-2)3-4-12(10)17/h3-4,7H,5-6,8H2,1-2H3,(H,16,20). The molecular weight excluding hydrogens is 304 g/mol. The Labute approximate surface area is 132 Å². The number of amides is 1. The summed E-state index contributed by atoms with van der Waals surface area (Å²) in [5.74, 6) is 0.953. The van der Waals surface area contributed by atoms with Gasteiger partial charge < -0.3 is 14.6 Å². The van der Waals surface area contributed by atoms with Crippen molar-refractivity contribution in [1.82, 2.24) is 4.98 Å². The van der Waals surface area contributed by atoms with Gasteiger partial charge >= 0.3 is 0 Å². The van der Waals surface area contributed by atoms with E-state index in [1.54, 1.807) is 7.11 Å². The summed E-state index contributed by atoms with van der Waals surface area (Å²) in [4.78, 5) is 18.5. The third-order valence-corrected chi connectivity index (χ3v) is 5.06. The number of aryl methyl sites for hydroxylation is 1. The third-order valence-electron chi connectivity index (χ3n) is 3.72. The van der Waals surface area contributed by atoms with E-state index in [1.165, 1.54) is 16.9 Å². The number of benzene rings is 1. The molecule has 0 spiro atoms. The molecule has 1 aliphatic heterocycles. The number of hydrogen-bond acceptors (Lipinski definition) is 4. The average Bonchev–Trinajstić information content (AvgIpc) is 3.01. The summed E-state index contributed by atoms with van der Waals surface area (Å²) in [7, 11) is 1.65. The van der Waals surface area contributed by atoms with Gasteiger partial charge in [-0.05, 0) is 49.3 Å². The normalized spacial score (nSPS) is 13.3. The molecule has 0 saturated heterocycles. The van der Waals surface area contributed by atoms with Crippen LogP contribution in [0.3, 0.4) is 0 Å². The molecule has 0 radical (unpaired) electrons. The predicted octanol–water partition coefficient (Wildman–Crippen LogP) is 3.25. The summed E-state index contributed by atoms with van der Waals surface area (Å²) in [5.41, 5.74) is 3.16. The van der Waals surface area contributed by atoms with Gasteiger partial charge in [0.2, 0.25) is 5.91 Å². The minimum atomic E-state index is 0.118. The van der Waals surface area contributed by atoms with Crippen molar-refractivity contribution < 1.29 is 9.53 Å². The number of H-pyrrole nitrogens is 1. The number of anilines is 1. The van der Waals surface area contributed by atoms with Crippen LogP contribution < -0.4 is 9.64 Å². The quantitative estimate of drug-likeness (QED) is 0.883. The first-order valence-corrected chi connectivity index (χ1v) is 7.97. The molecule has 1 aromatic heterocycles. The van der Waals surface area contributed by atoms with E-state index in [-0.39, 0.29) is 5.91 Å². The molecule has 0 bridgehead atoms. The maximum atomic E-state index is 12.5. The molecule has 1 N–H and O–H groups in total. The lowest BCUT2D eigenvalue weighted by Crippen LogP contribution is -2.30. The summed E-state index contributed by atoms with van der Waals surface area (Å²) in [6, 6.07) is 5.87. The van der Waals surface area contributed by atoms with Crippen LogP contribution >= 0.6 is 23.6 Å². The smallest absolute Gasteiger partial charge is 0.232 e. The predicted molar refractivity (Wildman–Crippen MR) is 87.0 cm³/mol. The Balaban J connectivity index is 1.82. The Kier molecular flexibility index (Phi) is 3.82. The second kappa shape index (κ2) is 5.61. The lowest BCUT2D eigenvalue weighted by Gasteiger charge is -2.17. The molecule has 1 aliphatic rings. The van der Waals surface area contributed by atoms with E-state index in [2.05, 4.69) is 4.98 Å². The van der Waals surface area contributed by atoms with E-state index in [9.17, 15) is 4.79 Å². The second-order valence-electron chi connectivity index (χ2n) is 5.03. The van der Waals surface area contributed by atoms with Crippen LogP contribution in [0, 0.1) is 10.9 Å². The number of aromatic nitrogens is 1. The number of thiazole rings is 1. The van der Waals surface area contributed by atoms with Crippen LogP contribution in [-0.4, -0.2) is 24.5 Å². The molecule has 2 heterocycles. The number of ether oxygens (including phenoxy) is 1. The molecule has 0 unspecified atom stereocenters. The molecule has 0 atom stereocenters. The van der Waals surface area contributed by atoms with Crippen LogP contribution in [0.15, 0.2) is 18.2 Å². The summed E-state index contributed by atoms with van der Waals surface area (Å²) >= 11 is 6.60. The zero-order chi connectivity index (χ0) is 15.0. The Bertz CT molecular complexity index is 748. The van der Waals surface area contributed by atoms with Crippen LogP contribution in [-0.2, 0) is 17.6 Å². The van der Waals surface area contributed by atoms with E-state index in [0.717, 1.165) is 38.9 Å². The lowest BCUT2D eigenvalue weighted by atomic mass is 10.1. The van der Waals surface area contributed by atoms with Crippen molar-refractivity contribution in [2.24, 2.45) is 0 Å². The van der Waals surface area contributed by atoms with E-state index >= 15 is 0 Å². The van der Waals surface area contributed by atoms with Gasteiger partial charge in [0.05, 0.1) is 13.5 Å². The molecule has 1 amide bonds. The van der Waals surface area contributed by atoms with Gasteiger partial charge in [-0.15, -0.1) is 11.3 Å². The SMILES string of the molecule is COc1ccc2c(c1)CCN2C(=O)Cc1sc(=S)[nH]c1C. The molecule has 4 nitrogen and oxygen atoms in total. The first kappa shape index (κ1) is 14.3. The molecule has 110 valence electrons. The molecule has 21 heavy (non-hydrogen) atoms.